The number of hydrogen-bond acceptors (Lipinski definition) is 7. The maximum absolute atomic E-state index is 7.08. The zero-order chi connectivity index (χ0) is 56.3. The van der Waals surface area contributed by atoms with Crippen molar-refractivity contribution in [3.8, 4) is 68.3 Å². The summed E-state index contributed by atoms with van der Waals surface area (Å²) in [5.41, 5.74) is 18.7. The van der Waals surface area contributed by atoms with Gasteiger partial charge in [-0.25, -0.2) is 15.0 Å². The summed E-state index contributed by atoms with van der Waals surface area (Å²) in [7, 11) is 0. The average molecular weight is 1090 g/mol. The number of benzene rings is 11. The number of nitrogens with zero attached hydrogens (tertiary/aromatic N) is 8. The zero-order valence-corrected chi connectivity index (χ0v) is 46.4. The summed E-state index contributed by atoms with van der Waals surface area (Å²) in [5.74, 6) is 2.28. The third kappa shape index (κ3) is 7.67. The first-order valence-corrected chi connectivity index (χ1v) is 28.7. The van der Waals surface area contributed by atoms with Gasteiger partial charge in [0.25, 0.3) is 0 Å². The predicted molar refractivity (Wildman–Crippen MR) is 345 cm³/mol. The Labute approximate surface area is 489 Å². The third-order valence-corrected chi connectivity index (χ3v) is 17.2. The van der Waals surface area contributed by atoms with Gasteiger partial charge >= 0.3 is 0 Å². The number of furan rings is 1. The van der Waals surface area contributed by atoms with Crippen LogP contribution in [0.25, 0.3) is 134 Å². The summed E-state index contributed by atoms with van der Waals surface area (Å²) >= 11 is 0. The lowest BCUT2D eigenvalue weighted by Crippen LogP contribution is -2.30. The molecule has 16 aromatic rings. The minimum atomic E-state index is -0.329. The fourth-order valence-electron chi connectivity index (χ4n) is 13.1. The minimum Gasteiger partial charge on any atom is -0.455 e. The van der Waals surface area contributed by atoms with Gasteiger partial charge in [-0.1, -0.05) is 202 Å². The maximum Gasteiger partial charge on any atom is 0.238 e. The molecule has 5 aromatic heterocycles. The summed E-state index contributed by atoms with van der Waals surface area (Å²) in [6.45, 7) is 4.67. The van der Waals surface area contributed by atoms with Crippen LogP contribution in [0.5, 0.6) is 0 Å². The Kier molecular flexibility index (Phi) is 10.8. The summed E-state index contributed by atoms with van der Waals surface area (Å²) in [5, 5.41) is 6.36. The molecule has 400 valence electrons. The SMILES string of the molecule is CC1(C)c2ccccc2N(c2ccccc2)c2cc3c4ccccc4n(-c4nc(-c5ccccc5)nc(-c5cccc(-c6ccc7c(c6)oc6c7ccc7c6c6ccccc6n7-c6nc(-c7ccccc7)cc(-c7ccccc7)n6)c5)n4)c3cc21. The molecule has 0 bridgehead atoms. The van der Waals surface area contributed by atoms with E-state index in [0.29, 0.717) is 23.5 Å². The second kappa shape index (κ2) is 18.9. The number of rotatable bonds is 8. The van der Waals surface area contributed by atoms with E-state index in [4.69, 9.17) is 29.3 Å². The van der Waals surface area contributed by atoms with E-state index in [2.05, 4.69) is 240 Å². The number of para-hydroxylation sites is 4. The van der Waals surface area contributed by atoms with Gasteiger partial charge < -0.3 is 9.32 Å². The molecular formula is C76H50N8O. The second-order valence-electron chi connectivity index (χ2n) is 22.5. The van der Waals surface area contributed by atoms with Gasteiger partial charge in [-0.05, 0) is 101 Å². The Morgan fingerprint density at radius 1 is 0.329 bits per heavy atom. The molecule has 0 aliphatic carbocycles. The highest BCUT2D eigenvalue weighted by atomic mass is 16.3. The van der Waals surface area contributed by atoms with Crippen molar-refractivity contribution >= 4 is 82.6 Å². The van der Waals surface area contributed by atoms with Crippen molar-refractivity contribution in [2.24, 2.45) is 0 Å². The molecule has 0 amide bonds. The molecule has 0 N–H and O–H groups in total. The largest absolute Gasteiger partial charge is 0.455 e. The van der Waals surface area contributed by atoms with E-state index < -0.39 is 0 Å². The maximum atomic E-state index is 7.08. The molecule has 0 saturated carbocycles. The molecule has 0 atom stereocenters. The summed E-state index contributed by atoms with van der Waals surface area (Å²) in [4.78, 5) is 29.0. The lowest BCUT2D eigenvalue weighted by atomic mass is 9.73. The topological polar surface area (TPSA) is 90.7 Å². The first-order valence-electron chi connectivity index (χ1n) is 28.7. The molecule has 6 heterocycles. The quantitative estimate of drug-likeness (QED) is 0.150. The number of anilines is 3. The zero-order valence-electron chi connectivity index (χ0n) is 46.4. The first kappa shape index (κ1) is 48.4. The van der Waals surface area contributed by atoms with E-state index in [1.54, 1.807) is 0 Å². The van der Waals surface area contributed by atoms with E-state index >= 15 is 0 Å². The molecular weight excluding hydrogens is 1040 g/mol. The van der Waals surface area contributed by atoms with Gasteiger partial charge in [0.1, 0.15) is 11.2 Å². The highest BCUT2D eigenvalue weighted by Crippen LogP contribution is 2.54. The summed E-state index contributed by atoms with van der Waals surface area (Å²) in [6, 6.07) is 93.6. The van der Waals surface area contributed by atoms with Crippen LogP contribution in [-0.4, -0.2) is 34.1 Å². The normalized spacial score (nSPS) is 12.9. The minimum absolute atomic E-state index is 0.329. The molecule has 17 rings (SSSR count). The van der Waals surface area contributed by atoms with Crippen LogP contribution in [0.4, 0.5) is 17.1 Å². The monoisotopic (exact) mass is 1090 g/mol. The molecule has 0 saturated heterocycles. The van der Waals surface area contributed by atoms with Crippen molar-refractivity contribution in [2.75, 3.05) is 4.90 Å². The van der Waals surface area contributed by atoms with E-state index in [1.165, 1.54) is 16.8 Å². The van der Waals surface area contributed by atoms with E-state index in [9.17, 15) is 0 Å². The third-order valence-electron chi connectivity index (χ3n) is 17.2. The van der Waals surface area contributed by atoms with Gasteiger partial charge in [-0.15, -0.1) is 0 Å². The predicted octanol–water partition coefficient (Wildman–Crippen LogP) is 19.2. The average Bonchev–Trinajstić information content (AvgIpc) is 1.78. The van der Waals surface area contributed by atoms with Gasteiger partial charge in [-0.2, -0.15) is 9.97 Å². The van der Waals surface area contributed by atoms with E-state index in [1.807, 2.05) is 54.6 Å². The molecule has 1 aliphatic rings. The Bertz CT molecular complexity index is 5280. The smallest absolute Gasteiger partial charge is 0.238 e. The van der Waals surface area contributed by atoms with Crippen molar-refractivity contribution in [3.05, 3.63) is 278 Å². The molecule has 0 spiro atoms. The molecule has 0 unspecified atom stereocenters. The number of fused-ring (bicyclic) bond motifs is 12. The van der Waals surface area contributed by atoms with Gasteiger partial charge in [0, 0.05) is 60.3 Å². The lowest BCUT2D eigenvalue weighted by molar-refractivity contribution is 0.632. The van der Waals surface area contributed by atoms with Crippen LogP contribution in [-0.2, 0) is 5.41 Å². The fourth-order valence-corrected chi connectivity index (χ4v) is 13.1. The number of hydrogen-bond donors (Lipinski definition) is 0. The van der Waals surface area contributed by atoms with Crippen LogP contribution in [0.2, 0.25) is 0 Å². The Hall–Kier alpha value is -11.3. The highest BCUT2D eigenvalue weighted by Gasteiger charge is 2.38. The second-order valence-corrected chi connectivity index (χ2v) is 22.5. The van der Waals surface area contributed by atoms with Crippen molar-refractivity contribution in [1.29, 1.82) is 0 Å². The lowest BCUT2D eigenvalue weighted by Gasteiger charge is -2.42. The van der Waals surface area contributed by atoms with Crippen molar-refractivity contribution in [1.82, 2.24) is 34.1 Å². The number of aromatic nitrogens is 7. The molecule has 11 aromatic carbocycles. The summed E-state index contributed by atoms with van der Waals surface area (Å²) < 4.78 is 11.5. The van der Waals surface area contributed by atoms with Gasteiger partial charge in [-0.3, -0.25) is 9.13 Å². The Morgan fingerprint density at radius 2 is 0.882 bits per heavy atom. The molecule has 1 aliphatic heterocycles. The molecule has 85 heavy (non-hydrogen) atoms. The standard InChI is InChI=1S/C76H50N8O/c1-76(2)59-34-17-20-37-65(59)82(53-30-13-6-14-31-53)68-44-58-54-32-15-18-35-63(54)84(67(58)45-60(68)76)75-80-72(49-26-11-5-12-27-49)79-73(81-75)52-29-21-28-50(42-52)51-38-39-55-56-40-41-66-70(71(56)85-69(55)43-51)57-33-16-19-36-64(57)83(66)74-77-61(47-22-7-3-8-23-47)46-62(78-74)48-24-9-4-10-25-48/h3-46H,1-2H3. The van der Waals surface area contributed by atoms with Crippen LogP contribution in [0.15, 0.2) is 271 Å². The van der Waals surface area contributed by atoms with Gasteiger partial charge in [0.15, 0.2) is 11.6 Å². The molecule has 0 radical (unpaired) electrons. The van der Waals surface area contributed by atoms with Crippen molar-refractivity contribution in [2.45, 2.75) is 19.3 Å². The van der Waals surface area contributed by atoms with Crippen LogP contribution in [0.3, 0.4) is 0 Å². The van der Waals surface area contributed by atoms with E-state index in [0.717, 1.165) is 122 Å². The van der Waals surface area contributed by atoms with Crippen LogP contribution in [0.1, 0.15) is 25.0 Å². The van der Waals surface area contributed by atoms with Gasteiger partial charge in [0.05, 0.1) is 50.2 Å². The Balaban J connectivity index is 0.804. The summed E-state index contributed by atoms with van der Waals surface area (Å²) in [6.07, 6.45) is 0. The first-order chi connectivity index (χ1) is 41.9. The molecule has 0 fully saturated rings. The van der Waals surface area contributed by atoms with Crippen LogP contribution < -0.4 is 4.90 Å². The van der Waals surface area contributed by atoms with Crippen molar-refractivity contribution < 1.29 is 4.42 Å². The highest BCUT2D eigenvalue weighted by molar-refractivity contribution is 6.24. The van der Waals surface area contributed by atoms with Crippen LogP contribution >= 0.6 is 0 Å². The fraction of sp³-hybridized carbons (Fsp3) is 0.0395. The van der Waals surface area contributed by atoms with Gasteiger partial charge in [0.2, 0.25) is 11.9 Å². The van der Waals surface area contributed by atoms with Crippen LogP contribution in [0, 0.1) is 0 Å². The van der Waals surface area contributed by atoms with E-state index in [-0.39, 0.29) is 5.41 Å². The molecule has 9 heteroatoms. The van der Waals surface area contributed by atoms with Crippen molar-refractivity contribution in [3.63, 3.8) is 0 Å². The molecule has 9 nitrogen and oxygen atoms in total. The Morgan fingerprint density at radius 3 is 1.61 bits per heavy atom.